The lowest BCUT2D eigenvalue weighted by Crippen LogP contribution is -2.22. The molecule has 1 heterocycles. The largest absolute Gasteiger partial charge is 0.462 e. The number of fused-ring (bicyclic) bond motifs is 1. The minimum Gasteiger partial charge on any atom is -0.462 e. The van der Waals surface area contributed by atoms with Gasteiger partial charge in [0.2, 0.25) is 0 Å². The molecule has 2 N–H and O–H groups in total. The molecule has 0 amide bonds. The number of carbonyl (C=O) groups excluding carboxylic acids is 1. The zero-order chi connectivity index (χ0) is 15.5. The van der Waals surface area contributed by atoms with Gasteiger partial charge in [-0.05, 0) is 37.2 Å². The van der Waals surface area contributed by atoms with Crippen LogP contribution < -0.4 is 0 Å². The van der Waals surface area contributed by atoms with Gasteiger partial charge in [0, 0.05) is 12.3 Å². The van der Waals surface area contributed by atoms with Crippen LogP contribution in [-0.2, 0) is 16.0 Å². The van der Waals surface area contributed by atoms with Crippen LogP contribution in [0.25, 0.3) is 0 Å². The monoisotopic (exact) mass is 304 g/mol. The third-order valence-electron chi connectivity index (χ3n) is 5.12. The van der Waals surface area contributed by atoms with E-state index in [4.69, 9.17) is 4.74 Å². The van der Waals surface area contributed by atoms with Crippen molar-refractivity contribution in [3.63, 3.8) is 0 Å². The van der Waals surface area contributed by atoms with Crippen molar-refractivity contribution in [2.45, 2.75) is 56.8 Å². The Morgan fingerprint density at radius 3 is 2.77 bits per heavy atom. The Bertz CT molecular complexity index is 501. The molecule has 1 saturated carbocycles. The van der Waals surface area contributed by atoms with Crippen molar-refractivity contribution >= 4 is 5.97 Å². The van der Waals surface area contributed by atoms with Crippen molar-refractivity contribution in [1.82, 2.24) is 0 Å². The number of rotatable bonds is 6. The van der Waals surface area contributed by atoms with Gasteiger partial charge >= 0.3 is 5.97 Å². The van der Waals surface area contributed by atoms with Crippen molar-refractivity contribution < 1.29 is 19.7 Å². The lowest BCUT2D eigenvalue weighted by molar-refractivity contribution is -0.141. The van der Waals surface area contributed by atoms with Gasteiger partial charge in [-0.25, -0.2) is 0 Å². The lowest BCUT2D eigenvalue weighted by Gasteiger charge is -2.20. The first-order chi connectivity index (χ1) is 10.6. The molecule has 1 aliphatic heterocycles. The summed E-state index contributed by atoms with van der Waals surface area (Å²) in [4.78, 5) is 11.4. The number of benzene rings is 1. The Morgan fingerprint density at radius 2 is 2.00 bits per heavy atom. The Kier molecular flexibility index (Phi) is 4.79. The third kappa shape index (κ3) is 3.50. The summed E-state index contributed by atoms with van der Waals surface area (Å²) in [6, 6.07) is 10.1. The lowest BCUT2D eigenvalue weighted by atomic mass is 9.87. The molecular formula is C18H24O4. The quantitative estimate of drug-likeness (QED) is 0.790. The highest BCUT2D eigenvalue weighted by atomic mass is 16.6. The predicted octanol–water partition coefficient (Wildman–Crippen LogP) is 2.07. The van der Waals surface area contributed by atoms with Gasteiger partial charge < -0.3 is 14.9 Å². The van der Waals surface area contributed by atoms with Gasteiger partial charge in [0.15, 0.2) is 0 Å². The molecule has 2 fully saturated rings. The van der Waals surface area contributed by atoms with Crippen LogP contribution in [0.3, 0.4) is 0 Å². The van der Waals surface area contributed by atoms with Gasteiger partial charge in [0.05, 0.1) is 18.6 Å². The van der Waals surface area contributed by atoms with Crippen LogP contribution in [0.15, 0.2) is 30.3 Å². The number of hydrogen-bond acceptors (Lipinski definition) is 4. The van der Waals surface area contributed by atoms with Crippen LogP contribution in [0.4, 0.5) is 0 Å². The highest BCUT2D eigenvalue weighted by Crippen LogP contribution is 2.43. The molecule has 4 nitrogen and oxygen atoms in total. The molecule has 5 atom stereocenters. The molecular weight excluding hydrogens is 280 g/mol. The van der Waals surface area contributed by atoms with Gasteiger partial charge in [-0.15, -0.1) is 0 Å². The van der Waals surface area contributed by atoms with E-state index in [0.717, 1.165) is 19.3 Å². The average molecular weight is 304 g/mol. The SMILES string of the molecule is O=C1CC2C(CC(O)C2CCC(O)CCc2ccccc2)O1. The molecule has 1 aromatic carbocycles. The van der Waals surface area contributed by atoms with E-state index >= 15 is 0 Å². The maximum absolute atomic E-state index is 11.4. The molecule has 0 spiro atoms. The standard InChI is InChI=1S/C18H24O4/c19-13(7-6-12-4-2-1-3-5-12)8-9-14-15-10-18(21)22-17(15)11-16(14)20/h1-5,13-17,19-20H,6-11H2. The second-order valence-corrected chi connectivity index (χ2v) is 6.62. The fraction of sp³-hybridized carbons (Fsp3) is 0.611. The molecule has 1 saturated heterocycles. The van der Waals surface area contributed by atoms with E-state index in [1.807, 2.05) is 18.2 Å². The molecule has 22 heavy (non-hydrogen) atoms. The van der Waals surface area contributed by atoms with Crippen LogP contribution in [0.2, 0.25) is 0 Å². The maximum atomic E-state index is 11.4. The molecule has 4 heteroatoms. The highest BCUT2D eigenvalue weighted by Gasteiger charge is 2.49. The van der Waals surface area contributed by atoms with E-state index in [0.29, 0.717) is 19.3 Å². The number of hydrogen-bond donors (Lipinski definition) is 2. The molecule has 0 aromatic heterocycles. The summed E-state index contributed by atoms with van der Waals surface area (Å²) in [5.74, 6) is 0.0863. The van der Waals surface area contributed by atoms with E-state index in [9.17, 15) is 15.0 Å². The third-order valence-corrected chi connectivity index (χ3v) is 5.12. The number of esters is 1. The summed E-state index contributed by atoms with van der Waals surface area (Å²) in [6.07, 6.45) is 3.15. The first-order valence-corrected chi connectivity index (χ1v) is 8.23. The van der Waals surface area contributed by atoms with Crippen LogP contribution in [0.5, 0.6) is 0 Å². The molecule has 120 valence electrons. The number of carbonyl (C=O) groups is 1. The summed E-state index contributed by atoms with van der Waals surface area (Å²) in [7, 11) is 0. The molecule has 3 rings (SSSR count). The van der Waals surface area contributed by atoms with E-state index < -0.39 is 6.10 Å². The van der Waals surface area contributed by atoms with Gasteiger partial charge in [-0.3, -0.25) is 4.79 Å². The van der Waals surface area contributed by atoms with Crippen LogP contribution in [0, 0.1) is 11.8 Å². The first kappa shape index (κ1) is 15.5. The van der Waals surface area contributed by atoms with E-state index in [2.05, 4.69) is 12.1 Å². The topological polar surface area (TPSA) is 66.8 Å². The minimum absolute atomic E-state index is 0.0859. The minimum atomic E-state index is -0.399. The maximum Gasteiger partial charge on any atom is 0.306 e. The van der Waals surface area contributed by atoms with E-state index in [-0.39, 0.29) is 30.0 Å². The molecule has 5 unspecified atom stereocenters. The highest BCUT2D eigenvalue weighted by molar-refractivity contribution is 5.72. The zero-order valence-electron chi connectivity index (χ0n) is 12.7. The zero-order valence-corrected chi connectivity index (χ0v) is 12.7. The second-order valence-electron chi connectivity index (χ2n) is 6.62. The molecule has 1 aliphatic carbocycles. The average Bonchev–Trinajstić information content (AvgIpc) is 2.99. The van der Waals surface area contributed by atoms with E-state index in [1.165, 1.54) is 5.56 Å². The number of ether oxygens (including phenoxy) is 1. The Morgan fingerprint density at radius 1 is 1.23 bits per heavy atom. The summed E-state index contributed by atoms with van der Waals surface area (Å²) in [5.41, 5.74) is 1.23. The van der Waals surface area contributed by atoms with Crippen molar-refractivity contribution in [2.75, 3.05) is 0 Å². The van der Waals surface area contributed by atoms with Crippen molar-refractivity contribution in [1.29, 1.82) is 0 Å². The van der Waals surface area contributed by atoms with Crippen LogP contribution in [0.1, 0.15) is 37.7 Å². The Labute approximate surface area is 131 Å². The summed E-state index contributed by atoms with van der Waals surface area (Å²) in [5, 5.41) is 20.3. The predicted molar refractivity (Wildman–Crippen MR) is 82.1 cm³/mol. The Balaban J connectivity index is 1.44. The first-order valence-electron chi connectivity index (χ1n) is 8.23. The van der Waals surface area contributed by atoms with Gasteiger partial charge in [0.25, 0.3) is 0 Å². The smallest absolute Gasteiger partial charge is 0.306 e. The van der Waals surface area contributed by atoms with Gasteiger partial charge in [-0.1, -0.05) is 30.3 Å². The summed E-state index contributed by atoms with van der Waals surface area (Å²) < 4.78 is 5.24. The van der Waals surface area contributed by atoms with E-state index in [1.54, 1.807) is 0 Å². The van der Waals surface area contributed by atoms with Crippen molar-refractivity contribution in [3.8, 4) is 0 Å². The molecule has 1 aromatic rings. The number of aryl methyl sites for hydroxylation is 1. The number of aliphatic hydroxyl groups is 2. The fourth-order valence-corrected chi connectivity index (χ4v) is 3.89. The summed E-state index contributed by atoms with van der Waals surface area (Å²) in [6.45, 7) is 0. The number of aliphatic hydroxyl groups excluding tert-OH is 2. The second kappa shape index (κ2) is 6.80. The normalized spacial score (nSPS) is 31.8. The van der Waals surface area contributed by atoms with Crippen LogP contribution in [-0.4, -0.2) is 34.5 Å². The Hall–Kier alpha value is -1.39. The molecule has 0 radical (unpaired) electrons. The van der Waals surface area contributed by atoms with Crippen LogP contribution >= 0.6 is 0 Å². The van der Waals surface area contributed by atoms with Gasteiger partial charge in [-0.2, -0.15) is 0 Å². The molecule has 0 bridgehead atoms. The van der Waals surface area contributed by atoms with Crippen molar-refractivity contribution in [2.24, 2.45) is 11.8 Å². The summed E-state index contributed by atoms with van der Waals surface area (Å²) >= 11 is 0. The van der Waals surface area contributed by atoms with Gasteiger partial charge in [0.1, 0.15) is 6.10 Å². The van der Waals surface area contributed by atoms with Crippen molar-refractivity contribution in [3.05, 3.63) is 35.9 Å². The fourth-order valence-electron chi connectivity index (χ4n) is 3.89. The molecule has 2 aliphatic rings.